The van der Waals surface area contributed by atoms with E-state index < -0.39 is 12.1 Å². The monoisotopic (exact) mass is 368 g/mol. The van der Waals surface area contributed by atoms with Crippen LogP contribution in [0.5, 0.6) is 5.75 Å². The first-order chi connectivity index (χ1) is 11.9. The maximum absolute atomic E-state index is 12.7. The van der Waals surface area contributed by atoms with Gasteiger partial charge in [-0.05, 0) is 18.6 Å². The second-order valence-electron chi connectivity index (χ2n) is 5.61. The minimum Gasteiger partial charge on any atom is -0.495 e. The topological polar surface area (TPSA) is 99.8 Å². The van der Waals surface area contributed by atoms with Gasteiger partial charge in [-0.2, -0.15) is 0 Å². The normalized spacial score (nSPS) is 16.9. The molecule has 4 amide bonds. The number of benzene rings is 1. The lowest BCUT2D eigenvalue weighted by molar-refractivity contribution is -0.132. The number of nitrogens with one attached hydrogen (secondary N) is 3. The van der Waals surface area contributed by atoms with Crippen LogP contribution in [-0.2, 0) is 9.59 Å². The third-order valence-corrected chi connectivity index (χ3v) is 4.38. The number of methoxy groups -OCH3 is 1. The summed E-state index contributed by atoms with van der Waals surface area (Å²) in [5.41, 5.74) is 1.22. The summed E-state index contributed by atoms with van der Waals surface area (Å²) >= 11 is 6.06. The van der Waals surface area contributed by atoms with Crippen molar-refractivity contribution in [1.82, 2.24) is 15.5 Å². The van der Waals surface area contributed by atoms with E-state index in [0.717, 1.165) is 5.56 Å². The third-order valence-electron chi connectivity index (χ3n) is 3.97. The molecule has 2 rings (SSSR count). The highest BCUT2D eigenvalue weighted by atomic mass is 35.5. The number of aryl methyl sites for hydroxylation is 1. The molecule has 0 unspecified atom stereocenters. The SMILES string of the molecule is CNC(=O)C[C@@H]1C(=O)NCCN1C(=O)Nc1cc(C)c(Cl)cc1OC. The van der Waals surface area contributed by atoms with Gasteiger partial charge in [0.05, 0.1) is 19.2 Å². The molecule has 0 spiro atoms. The number of ether oxygens (including phenoxy) is 1. The smallest absolute Gasteiger partial charge is 0.322 e. The Balaban J connectivity index is 2.22. The van der Waals surface area contributed by atoms with Gasteiger partial charge in [0.2, 0.25) is 11.8 Å². The lowest BCUT2D eigenvalue weighted by Gasteiger charge is -2.34. The van der Waals surface area contributed by atoms with Crippen molar-refractivity contribution in [3.63, 3.8) is 0 Å². The number of urea groups is 1. The zero-order valence-electron chi connectivity index (χ0n) is 14.3. The summed E-state index contributed by atoms with van der Waals surface area (Å²) < 4.78 is 5.24. The van der Waals surface area contributed by atoms with Gasteiger partial charge < -0.3 is 25.6 Å². The minimum absolute atomic E-state index is 0.105. The van der Waals surface area contributed by atoms with Crippen LogP contribution in [0.25, 0.3) is 0 Å². The van der Waals surface area contributed by atoms with E-state index in [4.69, 9.17) is 16.3 Å². The summed E-state index contributed by atoms with van der Waals surface area (Å²) in [7, 11) is 2.95. The highest BCUT2D eigenvalue weighted by Gasteiger charge is 2.34. The van der Waals surface area contributed by atoms with Gasteiger partial charge in [0.15, 0.2) is 0 Å². The Hall–Kier alpha value is -2.48. The van der Waals surface area contributed by atoms with E-state index in [1.54, 1.807) is 19.1 Å². The number of hydrogen-bond donors (Lipinski definition) is 3. The Bertz CT molecular complexity index is 695. The van der Waals surface area contributed by atoms with Crippen LogP contribution < -0.4 is 20.7 Å². The molecule has 136 valence electrons. The molecule has 1 atom stereocenters. The summed E-state index contributed by atoms with van der Waals surface area (Å²) in [5, 5.41) is 8.38. The molecule has 1 heterocycles. The highest BCUT2D eigenvalue weighted by Crippen LogP contribution is 2.31. The van der Waals surface area contributed by atoms with E-state index in [0.29, 0.717) is 29.5 Å². The molecule has 8 nitrogen and oxygen atoms in total. The second-order valence-corrected chi connectivity index (χ2v) is 6.02. The molecule has 1 aliphatic rings. The molecular formula is C16H21ClN4O4. The van der Waals surface area contributed by atoms with Gasteiger partial charge in [0.1, 0.15) is 11.8 Å². The first-order valence-electron chi connectivity index (χ1n) is 7.77. The number of nitrogens with zero attached hydrogens (tertiary/aromatic N) is 1. The first-order valence-corrected chi connectivity index (χ1v) is 8.15. The van der Waals surface area contributed by atoms with Crippen LogP contribution in [0.4, 0.5) is 10.5 Å². The molecule has 0 saturated carbocycles. The Kier molecular flexibility index (Phi) is 6.08. The molecule has 0 aromatic heterocycles. The number of amides is 4. The summed E-state index contributed by atoms with van der Waals surface area (Å²) in [6.07, 6.45) is -0.105. The van der Waals surface area contributed by atoms with Gasteiger partial charge in [-0.3, -0.25) is 9.59 Å². The van der Waals surface area contributed by atoms with Crippen molar-refractivity contribution in [2.75, 3.05) is 32.6 Å². The molecule has 0 bridgehead atoms. The van der Waals surface area contributed by atoms with Crippen LogP contribution in [0, 0.1) is 6.92 Å². The average Bonchev–Trinajstić information content (AvgIpc) is 2.59. The number of rotatable bonds is 4. The fourth-order valence-electron chi connectivity index (χ4n) is 2.56. The molecule has 1 aliphatic heterocycles. The van der Waals surface area contributed by atoms with Crippen molar-refractivity contribution in [1.29, 1.82) is 0 Å². The lowest BCUT2D eigenvalue weighted by Crippen LogP contribution is -2.59. The Morgan fingerprint density at radius 1 is 1.44 bits per heavy atom. The zero-order chi connectivity index (χ0) is 18.6. The maximum Gasteiger partial charge on any atom is 0.322 e. The highest BCUT2D eigenvalue weighted by molar-refractivity contribution is 6.31. The van der Waals surface area contributed by atoms with Crippen LogP contribution >= 0.6 is 11.6 Å². The predicted octanol–water partition coefficient (Wildman–Crippen LogP) is 1.13. The van der Waals surface area contributed by atoms with E-state index in [-0.39, 0.29) is 18.2 Å². The van der Waals surface area contributed by atoms with Gasteiger partial charge >= 0.3 is 6.03 Å². The minimum atomic E-state index is -0.868. The van der Waals surface area contributed by atoms with E-state index >= 15 is 0 Å². The Morgan fingerprint density at radius 3 is 2.80 bits per heavy atom. The van der Waals surface area contributed by atoms with Crippen molar-refractivity contribution in [2.24, 2.45) is 0 Å². The van der Waals surface area contributed by atoms with Crippen LogP contribution in [0.3, 0.4) is 0 Å². The van der Waals surface area contributed by atoms with Gasteiger partial charge in [-0.25, -0.2) is 4.79 Å². The van der Waals surface area contributed by atoms with Gasteiger partial charge in [0, 0.05) is 31.2 Å². The summed E-state index contributed by atoms with van der Waals surface area (Å²) in [4.78, 5) is 37.7. The molecule has 1 aromatic carbocycles. The predicted molar refractivity (Wildman–Crippen MR) is 93.9 cm³/mol. The summed E-state index contributed by atoms with van der Waals surface area (Å²) in [5.74, 6) is -0.266. The van der Waals surface area contributed by atoms with Gasteiger partial charge in [-0.1, -0.05) is 11.6 Å². The largest absolute Gasteiger partial charge is 0.495 e. The van der Waals surface area contributed by atoms with Crippen LogP contribution in [-0.4, -0.2) is 56.0 Å². The number of piperazine rings is 1. The molecule has 1 aromatic rings. The number of carbonyl (C=O) groups is 3. The number of carbonyl (C=O) groups excluding carboxylic acids is 3. The van der Waals surface area contributed by atoms with Gasteiger partial charge in [-0.15, -0.1) is 0 Å². The van der Waals surface area contributed by atoms with E-state index in [9.17, 15) is 14.4 Å². The molecule has 0 radical (unpaired) electrons. The molecule has 1 saturated heterocycles. The first kappa shape index (κ1) is 18.9. The fourth-order valence-corrected chi connectivity index (χ4v) is 2.71. The Morgan fingerprint density at radius 2 is 2.16 bits per heavy atom. The lowest BCUT2D eigenvalue weighted by atomic mass is 10.1. The van der Waals surface area contributed by atoms with E-state index in [1.807, 2.05) is 0 Å². The Labute approximate surface area is 150 Å². The van der Waals surface area contributed by atoms with Crippen LogP contribution in [0.1, 0.15) is 12.0 Å². The zero-order valence-corrected chi connectivity index (χ0v) is 15.1. The summed E-state index contributed by atoms with van der Waals surface area (Å²) in [6.45, 7) is 2.43. The molecule has 9 heteroatoms. The number of halogens is 1. The van der Waals surface area contributed by atoms with E-state index in [1.165, 1.54) is 19.1 Å². The molecule has 3 N–H and O–H groups in total. The number of anilines is 1. The van der Waals surface area contributed by atoms with Crippen molar-refractivity contribution in [3.8, 4) is 5.75 Å². The van der Waals surface area contributed by atoms with Crippen molar-refractivity contribution >= 4 is 35.1 Å². The quantitative estimate of drug-likeness (QED) is 0.741. The standard InChI is InChI=1S/C16H21ClN4O4/c1-9-6-11(13(25-3)7-10(9)17)20-16(24)21-5-4-19-15(23)12(21)8-14(22)18-2/h6-7,12H,4-5,8H2,1-3H3,(H,18,22)(H,19,23)(H,20,24)/t12-/m1/s1. The van der Waals surface area contributed by atoms with Crippen molar-refractivity contribution < 1.29 is 19.1 Å². The van der Waals surface area contributed by atoms with Crippen LogP contribution in [0.2, 0.25) is 5.02 Å². The van der Waals surface area contributed by atoms with Crippen molar-refractivity contribution in [2.45, 2.75) is 19.4 Å². The van der Waals surface area contributed by atoms with Gasteiger partial charge in [0.25, 0.3) is 0 Å². The van der Waals surface area contributed by atoms with E-state index in [2.05, 4.69) is 16.0 Å². The molecule has 25 heavy (non-hydrogen) atoms. The molecular weight excluding hydrogens is 348 g/mol. The van der Waals surface area contributed by atoms with Crippen LogP contribution in [0.15, 0.2) is 12.1 Å². The molecule has 0 aliphatic carbocycles. The average molecular weight is 369 g/mol. The second kappa shape index (κ2) is 8.06. The molecule has 1 fully saturated rings. The van der Waals surface area contributed by atoms with Crippen molar-refractivity contribution in [3.05, 3.63) is 22.7 Å². The fraction of sp³-hybridized carbons (Fsp3) is 0.438. The third kappa shape index (κ3) is 4.33. The maximum atomic E-state index is 12.7. The summed E-state index contributed by atoms with van der Waals surface area (Å²) in [6, 6.07) is 1.95. The number of hydrogen-bond acceptors (Lipinski definition) is 4.